The van der Waals surface area contributed by atoms with Crippen LogP contribution in [-0.2, 0) is 10.0 Å². The maximum absolute atomic E-state index is 12.6. The molecule has 0 aromatic carbocycles. The average molecular weight is 299 g/mol. The van der Waals surface area contributed by atoms with Gasteiger partial charge in [0.05, 0.1) is 0 Å². The van der Waals surface area contributed by atoms with Crippen LogP contribution in [0.25, 0.3) is 0 Å². The number of aromatic nitrogens is 1. The SMILES string of the molecule is Cc1noc(C)c1S(=O)(=O)N[C@H]1CCCN2CCC[C@@H]12. The van der Waals surface area contributed by atoms with Gasteiger partial charge in [-0.05, 0) is 52.6 Å². The average Bonchev–Trinajstić information content (AvgIpc) is 2.96. The van der Waals surface area contributed by atoms with Crippen LogP contribution in [0.4, 0.5) is 0 Å². The topological polar surface area (TPSA) is 75.4 Å². The Morgan fingerprint density at radius 2 is 1.95 bits per heavy atom. The number of nitrogens with one attached hydrogen (secondary N) is 1. The van der Waals surface area contributed by atoms with Gasteiger partial charge in [0.15, 0.2) is 5.76 Å². The molecule has 2 aliphatic heterocycles. The first kappa shape index (κ1) is 14.0. The molecule has 0 bridgehead atoms. The van der Waals surface area contributed by atoms with E-state index in [2.05, 4.69) is 14.8 Å². The van der Waals surface area contributed by atoms with Crippen LogP contribution in [0.2, 0.25) is 0 Å². The van der Waals surface area contributed by atoms with Crippen molar-refractivity contribution in [2.45, 2.75) is 56.5 Å². The standard InChI is InChI=1S/C13H21N3O3S/c1-9-13(10(2)19-14-9)20(17,18)15-11-5-3-7-16-8-4-6-12(11)16/h11-12,15H,3-8H2,1-2H3/t11-,12-/m0/s1. The third kappa shape index (κ3) is 2.38. The van der Waals surface area contributed by atoms with Gasteiger partial charge in [0, 0.05) is 12.1 Å². The van der Waals surface area contributed by atoms with E-state index in [0.29, 0.717) is 17.5 Å². The van der Waals surface area contributed by atoms with Crippen molar-refractivity contribution >= 4 is 10.0 Å². The van der Waals surface area contributed by atoms with E-state index in [4.69, 9.17) is 4.52 Å². The van der Waals surface area contributed by atoms with Gasteiger partial charge < -0.3 is 4.52 Å². The van der Waals surface area contributed by atoms with Gasteiger partial charge in [0.1, 0.15) is 10.6 Å². The molecule has 1 N–H and O–H groups in total. The lowest BCUT2D eigenvalue weighted by molar-refractivity contribution is 0.166. The van der Waals surface area contributed by atoms with Crippen molar-refractivity contribution < 1.29 is 12.9 Å². The molecular formula is C13H21N3O3S. The molecule has 0 unspecified atom stereocenters. The fourth-order valence-corrected chi connectivity index (χ4v) is 5.18. The fraction of sp³-hybridized carbons (Fsp3) is 0.769. The van der Waals surface area contributed by atoms with Gasteiger partial charge in [-0.3, -0.25) is 4.90 Å². The van der Waals surface area contributed by atoms with Crippen molar-refractivity contribution in [3.63, 3.8) is 0 Å². The van der Waals surface area contributed by atoms with Crippen molar-refractivity contribution in [2.75, 3.05) is 13.1 Å². The summed E-state index contributed by atoms with van der Waals surface area (Å²) in [5, 5.41) is 3.74. The minimum absolute atomic E-state index is 0.00458. The molecular weight excluding hydrogens is 278 g/mol. The minimum atomic E-state index is -3.55. The largest absolute Gasteiger partial charge is 0.360 e. The van der Waals surface area contributed by atoms with E-state index in [1.165, 1.54) is 0 Å². The second-order valence-corrected chi connectivity index (χ2v) is 7.42. The monoisotopic (exact) mass is 299 g/mol. The Kier molecular flexibility index (Phi) is 3.60. The number of piperidine rings is 1. The number of aryl methyl sites for hydroxylation is 2. The van der Waals surface area contributed by atoms with Crippen LogP contribution in [0.1, 0.15) is 37.1 Å². The molecule has 2 saturated heterocycles. The Morgan fingerprint density at radius 1 is 1.25 bits per heavy atom. The normalized spacial score (nSPS) is 27.7. The van der Waals surface area contributed by atoms with Gasteiger partial charge >= 0.3 is 0 Å². The minimum Gasteiger partial charge on any atom is -0.360 e. The van der Waals surface area contributed by atoms with Crippen molar-refractivity contribution in [1.82, 2.24) is 14.8 Å². The zero-order valence-corrected chi connectivity index (χ0v) is 12.7. The van der Waals surface area contributed by atoms with Crippen molar-refractivity contribution in [1.29, 1.82) is 0 Å². The number of nitrogens with zero attached hydrogens (tertiary/aromatic N) is 2. The van der Waals surface area contributed by atoms with Gasteiger partial charge in [-0.1, -0.05) is 5.16 Å². The summed E-state index contributed by atoms with van der Waals surface area (Å²) in [5.74, 6) is 0.356. The smallest absolute Gasteiger partial charge is 0.246 e. The van der Waals surface area contributed by atoms with Crippen LogP contribution in [0, 0.1) is 13.8 Å². The van der Waals surface area contributed by atoms with E-state index >= 15 is 0 Å². The molecule has 0 amide bonds. The molecule has 1 aromatic heterocycles. The lowest BCUT2D eigenvalue weighted by Crippen LogP contribution is -2.52. The van der Waals surface area contributed by atoms with Crippen molar-refractivity contribution in [3.05, 3.63) is 11.5 Å². The molecule has 2 fully saturated rings. The zero-order chi connectivity index (χ0) is 14.3. The molecule has 6 nitrogen and oxygen atoms in total. The molecule has 0 radical (unpaired) electrons. The summed E-state index contributed by atoms with van der Waals surface area (Å²) in [7, 11) is -3.55. The van der Waals surface area contributed by atoms with Crippen LogP contribution >= 0.6 is 0 Å². The van der Waals surface area contributed by atoms with Crippen LogP contribution in [0.3, 0.4) is 0 Å². The maximum Gasteiger partial charge on any atom is 0.246 e. The Labute approximate surface area is 119 Å². The Balaban J connectivity index is 1.83. The molecule has 112 valence electrons. The van der Waals surface area contributed by atoms with Gasteiger partial charge in [0.25, 0.3) is 0 Å². The Morgan fingerprint density at radius 3 is 2.60 bits per heavy atom. The van der Waals surface area contributed by atoms with Crippen LogP contribution in [0.5, 0.6) is 0 Å². The quantitative estimate of drug-likeness (QED) is 0.907. The van der Waals surface area contributed by atoms with E-state index in [0.717, 1.165) is 38.8 Å². The molecule has 0 aliphatic carbocycles. The molecule has 2 aliphatic rings. The number of hydrogen-bond acceptors (Lipinski definition) is 5. The third-order valence-electron chi connectivity index (χ3n) is 4.38. The zero-order valence-electron chi connectivity index (χ0n) is 11.9. The Bertz CT molecular complexity index is 577. The molecule has 0 saturated carbocycles. The molecule has 0 spiro atoms. The lowest BCUT2D eigenvalue weighted by atomic mass is 9.97. The van der Waals surface area contributed by atoms with Crippen molar-refractivity contribution in [3.8, 4) is 0 Å². The summed E-state index contributed by atoms with van der Waals surface area (Å²) in [6.07, 6.45) is 4.19. The fourth-order valence-electron chi connectivity index (χ4n) is 3.55. The van der Waals surface area contributed by atoms with Gasteiger partial charge in [-0.15, -0.1) is 0 Å². The first-order valence-electron chi connectivity index (χ1n) is 7.18. The summed E-state index contributed by atoms with van der Waals surface area (Å²) < 4.78 is 33.0. The number of sulfonamides is 1. The van der Waals surface area contributed by atoms with E-state index in [1.807, 2.05) is 0 Å². The van der Waals surface area contributed by atoms with Gasteiger partial charge in [-0.25, -0.2) is 13.1 Å². The summed E-state index contributed by atoms with van der Waals surface area (Å²) in [6.45, 7) is 5.48. The number of rotatable bonds is 3. The molecule has 3 rings (SSSR count). The molecule has 7 heteroatoms. The highest BCUT2D eigenvalue weighted by atomic mass is 32.2. The second kappa shape index (κ2) is 5.13. The van der Waals surface area contributed by atoms with Crippen molar-refractivity contribution in [2.24, 2.45) is 0 Å². The summed E-state index contributed by atoms with van der Waals surface area (Å²) >= 11 is 0. The summed E-state index contributed by atoms with van der Waals surface area (Å²) in [5.41, 5.74) is 0.425. The van der Waals surface area contributed by atoms with E-state index in [9.17, 15) is 8.42 Å². The van der Waals surface area contributed by atoms with Gasteiger partial charge in [-0.2, -0.15) is 0 Å². The van der Waals surface area contributed by atoms with Crippen LogP contribution in [0.15, 0.2) is 9.42 Å². The Hall–Kier alpha value is -0.920. The second-order valence-electron chi connectivity index (χ2n) is 5.77. The lowest BCUT2D eigenvalue weighted by Gasteiger charge is -2.36. The highest BCUT2D eigenvalue weighted by Gasteiger charge is 2.38. The highest BCUT2D eigenvalue weighted by Crippen LogP contribution is 2.29. The maximum atomic E-state index is 12.6. The number of hydrogen-bond donors (Lipinski definition) is 1. The highest BCUT2D eigenvalue weighted by molar-refractivity contribution is 7.89. The summed E-state index contributed by atoms with van der Waals surface area (Å²) in [4.78, 5) is 2.61. The molecule has 2 atom stereocenters. The van der Waals surface area contributed by atoms with Gasteiger partial charge in [0.2, 0.25) is 10.0 Å². The molecule has 3 heterocycles. The first-order valence-corrected chi connectivity index (χ1v) is 8.66. The van der Waals surface area contributed by atoms with Crippen LogP contribution < -0.4 is 4.72 Å². The van der Waals surface area contributed by atoms with E-state index in [1.54, 1.807) is 13.8 Å². The predicted molar refractivity (Wildman–Crippen MR) is 73.9 cm³/mol. The van der Waals surface area contributed by atoms with E-state index in [-0.39, 0.29) is 10.9 Å². The molecule has 1 aromatic rings. The van der Waals surface area contributed by atoms with Crippen LogP contribution in [-0.4, -0.2) is 43.6 Å². The predicted octanol–water partition coefficient (Wildman–Crippen LogP) is 1.20. The third-order valence-corrected chi connectivity index (χ3v) is 6.12. The number of fused-ring (bicyclic) bond motifs is 1. The first-order chi connectivity index (χ1) is 9.49. The summed E-state index contributed by atoms with van der Waals surface area (Å²) in [6, 6.07) is 0.351. The molecule has 20 heavy (non-hydrogen) atoms. The van der Waals surface area contributed by atoms with E-state index < -0.39 is 10.0 Å².